The van der Waals surface area contributed by atoms with E-state index in [4.69, 9.17) is 0 Å². The second-order valence-corrected chi connectivity index (χ2v) is 6.13. The summed E-state index contributed by atoms with van der Waals surface area (Å²) in [6.07, 6.45) is -0.686. The molecule has 0 saturated heterocycles. The van der Waals surface area contributed by atoms with Crippen molar-refractivity contribution in [1.82, 2.24) is 0 Å². The predicted molar refractivity (Wildman–Crippen MR) is 96.3 cm³/mol. The van der Waals surface area contributed by atoms with Gasteiger partial charge in [0.2, 0.25) is 0 Å². The van der Waals surface area contributed by atoms with E-state index in [0.29, 0.717) is 11.1 Å². The molecule has 0 fully saturated rings. The molecule has 0 aliphatic heterocycles. The van der Waals surface area contributed by atoms with Crippen LogP contribution in [0.3, 0.4) is 0 Å². The summed E-state index contributed by atoms with van der Waals surface area (Å²) in [5, 5.41) is 10.5. The van der Waals surface area contributed by atoms with E-state index in [9.17, 15) is 9.90 Å². The van der Waals surface area contributed by atoms with Crippen LogP contribution in [0.25, 0.3) is 0 Å². The molecule has 0 aliphatic carbocycles. The summed E-state index contributed by atoms with van der Waals surface area (Å²) >= 11 is 0. The second-order valence-electron chi connectivity index (χ2n) is 6.13. The van der Waals surface area contributed by atoms with Gasteiger partial charge < -0.3 is 5.11 Å². The fourth-order valence-electron chi connectivity index (χ4n) is 2.63. The second kappa shape index (κ2) is 6.81. The number of ketones is 1. The van der Waals surface area contributed by atoms with Crippen molar-refractivity contribution >= 4 is 5.78 Å². The van der Waals surface area contributed by atoms with Crippen molar-refractivity contribution in [2.75, 3.05) is 0 Å². The number of benzene rings is 3. The first-order valence-electron chi connectivity index (χ1n) is 8.00. The van der Waals surface area contributed by atoms with Crippen LogP contribution in [0, 0.1) is 13.8 Å². The number of aliphatic hydroxyl groups excluding tert-OH is 1. The lowest BCUT2D eigenvalue weighted by Crippen LogP contribution is -2.03. The van der Waals surface area contributed by atoms with Gasteiger partial charge in [0.25, 0.3) is 0 Å². The highest BCUT2D eigenvalue weighted by Gasteiger charge is 2.13. The highest BCUT2D eigenvalue weighted by Crippen LogP contribution is 2.23. The third kappa shape index (κ3) is 3.44. The lowest BCUT2D eigenvalue weighted by Gasteiger charge is -2.12. The van der Waals surface area contributed by atoms with Gasteiger partial charge in [-0.05, 0) is 25.0 Å². The van der Waals surface area contributed by atoms with E-state index in [2.05, 4.69) is 0 Å². The number of carbonyl (C=O) groups is 1. The summed E-state index contributed by atoms with van der Waals surface area (Å²) in [4.78, 5) is 12.5. The van der Waals surface area contributed by atoms with Gasteiger partial charge in [0.15, 0.2) is 5.78 Å². The molecule has 0 aromatic heterocycles. The van der Waals surface area contributed by atoms with Crippen LogP contribution in [0.1, 0.15) is 44.3 Å². The maximum Gasteiger partial charge on any atom is 0.193 e. The lowest BCUT2D eigenvalue weighted by atomic mass is 9.97. The van der Waals surface area contributed by atoms with E-state index in [1.807, 2.05) is 74.5 Å². The number of aliphatic hydroxyl groups is 1. The Balaban J connectivity index is 1.81. The van der Waals surface area contributed by atoms with Gasteiger partial charge in [0.05, 0.1) is 0 Å². The average Bonchev–Trinajstić information content (AvgIpc) is 2.62. The molecule has 1 unspecified atom stereocenters. The summed E-state index contributed by atoms with van der Waals surface area (Å²) in [5.41, 5.74) is 5.21. The molecule has 24 heavy (non-hydrogen) atoms. The third-order valence-corrected chi connectivity index (χ3v) is 4.20. The first-order valence-corrected chi connectivity index (χ1v) is 8.00. The zero-order valence-corrected chi connectivity index (χ0v) is 13.9. The van der Waals surface area contributed by atoms with Crippen LogP contribution in [-0.2, 0) is 0 Å². The Morgan fingerprint density at radius 1 is 0.667 bits per heavy atom. The summed E-state index contributed by atoms with van der Waals surface area (Å²) in [7, 11) is 0. The fraction of sp³-hybridized carbons (Fsp3) is 0.136. The van der Waals surface area contributed by atoms with Gasteiger partial charge in [0, 0.05) is 11.1 Å². The standard InChI is InChI=1S/C22H20O2/c1-15-3-7-17(8-4-15)21(23)19-11-13-20(14-12-19)22(24)18-9-5-16(2)6-10-18/h3-14,21,23H,1-2H3. The third-order valence-electron chi connectivity index (χ3n) is 4.20. The Morgan fingerprint density at radius 2 is 1.00 bits per heavy atom. The fourth-order valence-corrected chi connectivity index (χ4v) is 2.63. The van der Waals surface area contributed by atoms with Gasteiger partial charge in [0.1, 0.15) is 6.10 Å². The van der Waals surface area contributed by atoms with Crippen molar-refractivity contribution in [3.8, 4) is 0 Å². The monoisotopic (exact) mass is 316 g/mol. The normalized spacial score (nSPS) is 12.0. The van der Waals surface area contributed by atoms with Crippen LogP contribution < -0.4 is 0 Å². The van der Waals surface area contributed by atoms with Gasteiger partial charge >= 0.3 is 0 Å². The first-order chi connectivity index (χ1) is 11.5. The SMILES string of the molecule is Cc1ccc(C(=O)c2ccc(C(O)c3ccc(C)cc3)cc2)cc1. The number of hydrogen-bond donors (Lipinski definition) is 1. The van der Waals surface area contributed by atoms with Crippen LogP contribution in [-0.4, -0.2) is 10.9 Å². The molecule has 3 aromatic rings. The molecule has 0 heterocycles. The van der Waals surface area contributed by atoms with Crippen molar-refractivity contribution in [2.24, 2.45) is 0 Å². The van der Waals surface area contributed by atoms with E-state index < -0.39 is 6.10 Å². The topological polar surface area (TPSA) is 37.3 Å². The van der Waals surface area contributed by atoms with E-state index in [-0.39, 0.29) is 5.78 Å². The molecule has 0 spiro atoms. The molecule has 1 atom stereocenters. The molecule has 0 amide bonds. The molecule has 0 aliphatic rings. The van der Waals surface area contributed by atoms with Crippen LogP contribution in [0.5, 0.6) is 0 Å². The summed E-state index contributed by atoms with van der Waals surface area (Å²) in [6.45, 7) is 4.01. The number of aryl methyl sites for hydroxylation is 2. The Kier molecular flexibility index (Phi) is 4.59. The van der Waals surface area contributed by atoms with Crippen LogP contribution in [0.2, 0.25) is 0 Å². The number of carbonyl (C=O) groups excluding carboxylic acids is 1. The van der Waals surface area contributed by atoms with E-state index >= 15 is 0 Å². The molecule has 3 aromatic carbocycles. The molecular formula is C22H20O2. The minimum atomic E-state index is -0.686. The van der Waals surface area contributed by atoms with E-state index in [1.54, 1.807) is 12.1 Å². The number of hydrogen-bond acceptors (Lipinski definition) is 2. The van der Waals surface area contributed by atoms with Crippen molar-refractivity contribution in [1.29, 1.82) is 0 Å². The van der Waals surface area contributed by atoms with Gasteiger partial charge in [-0.25, -0.2) is 0 Å². The minimum Gasteiger partial charge on any atom is -0.384 e. The van der Waals surface area contributed by atoms with Crippen LogP contribution >= 0.6 is 0 Å². The molecular weight excluding hydrogens is 296 g/mol. The maximum atomic E-state index is 12.5. The molecule has 1 N–H and O–H groups in total. The lowest BCUT2D eigenvalue weighted by molar-refractivity contribution is 0.103. The summed E-state index contributed by atoms with van der Waals surface area (Å²) in [5.74, 6) is -0.00799. The van der Waals surface area contributed by atoms with Crippen molar-refractivity contribution in [2.45, 2.75) is 20.0 Å². The molecule has 0 saturated carbocycles. The average molecular weight is 316 g/mol. The minimum absolute atomic E-state index is 0.00799. The highest BCUT2D eigenvalue weighted by atomic mass is 16.3. The Bertz CT molecular complexity index is 829. The van der Waals surface area contributed by atoms with Gasteiger partial charge in [-0.2, -0.15) is 0 Å². The molecule has 120 valence electrons. The number of rotatable bonds is 4. The Labute approximate surface area is 142 Å². The smallest absolute Gasteiger partial charge is 0.193 e. The Morgan fingerprint density at radius 3 is 1.46 bits per heavy atom. The van der Waals surface area contributed by atoms with Gasteiger partial charge in [-0.15, -0.1) is 0 Å². The zero-order chi connectivity index (χ0) is 17.1. The molecule has 0 radical (unpaired) electrons. The molecule has 3 rings (SSSR count). The Hall–Kier alpha value is -2.71. The molecule has 2 nitrogen and oxygen atoms in total. The maximum absolute atomic E-state index is 12.5. The van der Waals surface area contributed by atoms with E-state index in [1.165, 1.54) is 0 Å². The van der Waals surface area contributed by atoms with Crippen molar-refractivity contribution in [3.05, 3.63) is 106 Å². The molecule has 2 heteroatoms. The summed E-state index contributed by atoms with van der Waals surface area (Å²) in [6, 6.07) is 22.5. The van der Waals surface area contributed by atoms with Crippen molar-refractivity contribution in [3.63, 3.8) is 0 Å². The molecule has 0 bridgehead atoms. The highest BCUT2D eigenvalue weighted by molar-refractivity contribution is 6.09. The summed E-state index contributed by atoms with van der Waals surface area (Å²) < 4.78 is 0. The van der Waals surface area contributed by atoms with Crippen LogP contribution in [0.15, 0.2) is 72.8 Å². The van der Waals surface area contributed by atoms with Crippen LogP contribution in [0.4, 0.5) is 0 Å². The van der Waals surface area contributed by atoms with Crippen molar-refractivity contribution < 1.29 is 9.90 Å². The zero-order valence-electron chi connectivity index (χ0n) is 13.9. The quantitative estimate of drug-likeness (QED) is 0.713. The predicted octanol–water partition coefficient (Wildman–Crippen LogP) is 4.62. The van der Waals surface area contributed by atoms with Gasteiger partial charge in [-0.3, -0.25) is 4.79 Å². The first kappa shape index (κ1) is 16.2. The van der Waals surface area contributed by atoms with E-state index in [0.717, 1.165) is 22.3 Å². The van der Waals surface area contributed by atoms with Gasteiger partial charge in [-0.1, -0.05) is 83.9 Å². The largest absolute Gasteiger partial charge is 0.384 e.